The minimum absolute atomic E-state index is 0.0154. The van der Waals surface area contributed by atoms with Gasteiger partial charge in [0.2, 0.25) is 11.9 Å². The summed E-state index contributed by atoms with van der Waals surface area (Å²) in [6.45, 7) is 8.46. The molecule has 1 atom stereocenters. The number of hydrogen-bond donors (Lipinski definition) is 0. The van der Waals surface area contributed by atoms with Crippen LogP contribution in [0.5, 0.6) is 0 Å². The van der Waals surface area contributed by atoms with E-state index >= 15 is 0 Å². The number of piperidine rings is 1. The molecule has 5 heteroatoms. The molecule has 3 rings (SSSR count). The summed E-state index contributed by atoms with van der Waals surface area (Å²) in [6.07, 6.45) is 5.41. The normalized spacial score (nSPS) is 17.4. The van der Waals surface area contributed by atoms with Gasteiger partial charge >= 0.3 is 0 Å². The van der Waals surface area contributed by atoms with Gasteiger partial charge in [-0.1, -0.05) is 6.07 Å². The Morgan fingerprint density at radius 1 is 1.20 bits per heavy atom. The Kier molecular flexibility index (Phi) is 5.31. The second-order valence-corrected chi connectivity index (χ2v) is 6.76. The van der Waals surface area contributed by atoms with Crippen LogP contribution in [0.2, 0.25) is 0 Å². The van der Waals surface area contributed by atoms with E-state index in [2.05, 4.69) is 46.9 Å². The quantitative estimate of drug-likeness (QED) is 0.858. The Bertz CT molecular complexity index is 711. The molecule has 1 fully saturated rings. The van der Waals surface area contributed by atoms with Crippen LogP contribution in [0.25, 0.3) is 0 Å². The number of amides is 1. The van der Waals surface area contributed by atoms with Crippen molar-refractivity contribution in [2.75, 3.05) is 29.4 Å². The SMILES string of the molecule is CCN(C(=O)C1CCCN(c2ncccn2)C1)c1cc(C)cc(C)c1. The minimum atomic E-state index is -0.0154. The van der Waals surface area contributed by atoms with Gasteiger partial charge in [-0.2, -0.15) is 0 Å². The lowest BCUT2D eigenvalue weighted by molar-refractivity contribution is -0.122. The van der Waals surface area contributed by atoms with E-state index in [4.69, 9.17) is 0 Å². The first kappa shape index (κ1) is 17.4. The Hall–Kier alpha value is -2.43. The average Bonchev–Trinajstić information content (AvgIpc) is 2.62. The number of rotatable bonds is 4. The van der Waals surface area contributed by atoms with Crippen LogP contribution >= 0.6 is 0 Å². The summed E-state index contributed by atoms with van der Waals surface area (Å²) in [7, 11) is 0. The van der Waals surface area contributed by atoms with E-state index in [-0.39, 0.29) is 11.8 Å². The molecule has 1 saturated heterocycles. The maximum absolute atomic E-state index is 13.2. The molecule has 2 aromatic rings. The van der Waals surface area contributed by atoms with Crippen molar-refractivity contribution in [3.8, 4) is 0 Å². The van der Waals surface area contributed by atoms with Crippen LogP contribution in [0.4, 0.5) is 11.6 Å². The largest absolute Gasteiger partial charge is 0.340 e. The number of carbonyl (C=O) groups excluding carboxylic acids is 1. The van der Waals surface area contributed by atoms with Crippen LogP contribution < -0.4 is 9.80 Å². The third-order valence-corrected chi connectivity index (χ3v) is 4.71. The van der Waals surface area contributed by atoms with E-state index < -0.39 is 0 Å². The molecular weight excluding hydrogens is 312 g/mol. The molecule has 0 aliphatic carbocycles. The summed E-state index contributed by atoms with van der Waals surface area (Å²) >= 11 is 0. The highest BCUT2D eigenvalue weighted by Gasteiger charge is 2.30. The van der Waals surface area contributed by atoms with Crippen LogP contribution in [0.3, 0.4) is 0 Å². The first-order valence-corrected chi connectivity index (χ1v) is 9.00. The number of benzene rings is 1. The van der Waals surface area contributed by atoms with Crippen molar-refractivity contribution < 1.29 is 4.79 Å². The molecule has 0 radical (unpaired) electrons. The molecule has 1 unspecified atom stereocenters. The van der Waals surface area contributed by atoms with Gasteiger partial charge in [-0.05, 0) is 62.9 Å². The van der Waals surface area contributed by atoms with Crippen molar-refractivity contribution in [2.45, 2.75) is 33.6 Å². The fourth-order valence-corrected chi connectivity index (χ4v) is 3.61. The van der Waals surface area contributed by atoms with E-state index in [1.807, 2.05) is 17.9 Å². The molecule has 25 heavy (non-hydrogen) atoms. The van der Waals surface area contributed by atoms with Gasteiger partial charge in [-0.3, -0.25) is 4.79 Å². The van der Waals surface area contributed by atoms with Crippen LogP contribution in [-0.2, 0) is 4.79 Å². The van der Waals surface area contributed by atoms with Crippen molar-refractivity contribution in [1.29, 1.82) is 0 Å². The first-order chi connectivity index (χ1) is 12.1. The van der Waals surface area contributed by atoms with Crippen LogP contribution in [-0.4, -0.2) is 35.5 Å². The van der Waals surface area contributed by atoms with Gasteiger partial charge in [0, 0.05) is 37.7 Å². The summed E-state index contributed by atoms with van der Waals surface area (Å²) in [5, 5.41) is 0. The monoisotopic (exact) mass is 338 g/mol. The maximum Gasteiger partial charge on any atom is 0.231 e. The van der Waals surface area contributed by atoms with Gasteiger partial charge in [0.25, 0.3) is 0 Å². The third-order valence-electron chi connectivity index (χ3n) is 4.71. The number of anilines is 2. The molecule has 2 heterocycles. The summed E-state index contributed by atoms with van der Waals surface area (Å²) < 4.78 is 0. The number of carbonyl (C=O) groups is 1. The molecule has 0 saturated carbocycles. The molecular formula is C20H26N4O. The Morgan fingerprint density at radius 2 is 1.88 bits per heavy atom. The smallest absolute Gasteiger partial charge is 0.231 e. The van der Waals surface area contributed by atoms with Gasteiger partial charge in [-0.15, -0.1) is 0 Å². The third kappa shape index (κ3) is 3.98. The zero-order valence-electron chi connectivity index (χ0n) is 15.3. The standard InChI is InChI=1S/C20H26N4O/c1-4-24(18-12-15(2)11-16(3)13-18)19(25)17-7-5-10-23(14-17)20-21-8-6-9-22-20/h6,8-9,11-13,17H,4-5,7,10,14H2,1-3H3. The van der Waals surface area contributed by atoms with Crippen LogP contribution in [0.15, 0.2) is 36.7 Å². The number of hydrogen-bond acceptors (Lipinski definition) is 4. The zero-order chi connectivity index (χ0) is 17.8. The molecule has 0 N–H and O–H groups in total. The molecule has 1 aliphatic heterocycles. The number of aromatic nitrogens is 2. The fourth-order valence-electron chi connectivity index (χ4n) is 3.61. The Balaban J connectivity index is 1.78. The number of nitrogens with zero attached hydrogens (tertiary/aromatic N) is 4. The van der Waals surface area contributed by atoms with E-state index in [0.717, 1.165) is 31.0 Å². The van der Waals surface area contributed by atoms with Gasteiger partial charge < -0.3 is 9.80 Å². The van der Waals surface area contributed by atoms with Gasteiger partial charge in [0.1, 0.15) is 0 Å². The molecule has 5 nitrogen and oxygen atoms in total. The van der Waals surface area contributed by atoms with Crippen LogP contribution in [0.1, 0.15) is 30.9 Å². The zero-order valence-corrected chi connectivity index (χ0v) is 15.3. The predicted molar refractivity (Wildman–Crippen MR) is 101 cm³/mol. The van der Waals surface area contributed by atoms with Gasteiger partial charge in [-0.25, -0.2) is 9.97 Å². The molecule has 132 valence electrons. The highest BCUT2D eigenvalue weighted by atomic mass is 16.2. The van der Waals surface area contributed by atoms with Crippen molar-refractivity contribution in [3.63, 3.8) is 0 Å². The van der Waals surface area contributed by atoms with E-state index in [1.165, 1.54) is 11.1 Å². The Morgan fingerprint density at radius 3 is 2.52 bits per heavy atom. The average molecular weight is 338 g/mol. The van der Waals surface area contributed by atoms with Crippen LogP contribution in [0, 0.1) is 19.8 Å². The van der Waals surface area contributed by atoms with Gasteiger partial charge in [0.05, 0.1) is 5.92 Å². The Labute approximate surface area is 149 Å². The summed E-state index contributed by atoms with van der Waals surface area (Å²) in [5.74, 6) is 0.904. The first-order valence-electron chi connectivity index (χ1n) is 9.00. The van der Waals surface area contributed by atoms with E-state index in [1.54, 1.807) is 12.4 Å². The highest BCUT2D eigenvalue weighted by molar-refractivity contribution is 5.95. The number of aryl methyl sites for hydroxylation is 2. The molecule has 0 spiro atoms. The van der Waals surface area contributed by atoms with Crippen molar-refractivity contribution in [1.82, 2.24) is 9.97 Å². The maximum atomic E-state index is 13.2. The van der Waals surface area contributed by atoms with Crippen molar-refractivity contribution in [3.05, 3.63) is 47.8 Å². The fraction of sp³-hybridized carbons (Fsp3) is 0.450. The second kappa shape index (κ2) is 7.64. The van der Waals surface area contributed by atoms with E-state index in [9.17, 15) is 4.79 Å². The molecule has 1 amide bonds. The lowest BCUT2D eigenvalue weighted by atomic mass is 9.96. The predicted octanol–water partition coefficient (Wildman–Crippen LogP) is 3.36. The summed E-state index contributed by atoms with van der Waals surface area (Å²) in [6, 6.07) is 8.14. The second-order valence-electron chi connectivity index (χ2n) is 6.76. The van der Waals surface area contributed by atoms with E-state index in [0.29, 0.717) is 13.1 Å². The lowest BCUT2D eigenvalue weighted by Gasteiger charge is -2.34. The lowest BCUT2D eigenvalue weighted by Crippen LogP contribution is -2.45. The summed E-state index contributed by atoms with van der Waals surface area (Å²) in [4.78, 5) is 25.9. The minimum Gasteiger partial charge on any atom is -0.340 e. The molecule has 0 bridgehead atoms. The summed E-state index contributed by atoms with van der Waals surface area (Å²) in [5.41, 5.74) is 3.37. The van der Waals surface area contributed by atoms with Crippen molar-refractivity contribution in [2.24, 2.45) is 5.92 Å². The molecule has 1 aliphatic rings. The van der Waals surface area contributed by atoms with Crippen molar-refractivity contribution >= 4 is 17.5 Å². The van der Waals surface area contributed by atoms with Gasteiger partial charge in [0.15, 0.2) is 0 Å². The molecule has 1 aromatic carbocycles. The topological polar surface area (TPSA) is 49.3 Å². The molecule has 1 aromatic heterocycles. The highest BCUT2D eigenvalue weighted by Crippen LogP contribution is 2.25.